The second-order valence-corrected chi connectivity index (χ2v) is 6.28. The molecule has 2 amide bonds. The van der Waals surface area contributed by atoms with E-state index in [-0.39, 0.29) is 18.9 Å². The molecular formula is C15H23F3N2O2. The third-order valence-corrected chi connectivity index (χ3v) is 4.54. The molecule has 0 aromatic rings. The maximum atomic E-state index is 12.6. The molecule has 2 atom stereocenters. The average molecular weight is 320 g/mol. The molecule has 1 saturated carbocycles. The lowest BCUT2D eigenvalue weighted by atomic mass is 9.91. The number of hydrogen-bond donors (Lipinski definition) is 2. The fourth-order valence-electron chi connectivity index (χ4n) is 3.21. The molecule has 1 heterocycles. The summed E-state index contributed by atoms with van der Waals surface area (Å²) in [7, 11) is 0. The summed E-state index contributed by atoms with van der Waals surface area (Å²) in [4.78, 5) is 24.0. The standard InChI is InChI=1S/C15H23F3N2O2/c16-15(17,18)12-9-8-11(14(22)20-12)13(21)19-10-6-4-2-1-3-5-7-10/h10-12H,1-9H2,(H,19,21)(H,20,22)/t11-,12-/m0/s1. The summed E-state index contributed by atoms with van der Waals surface area (Å²) in [6.45, 7) is 0. The van der Waals surface area contributed by atoms with E-state index >= 15 is 0 Å². The van der Waals surface area contributed by atoms with Gasteiger partial charge < -0.3 is 10.6 Å². The molecule has 22 heavy (non-hydrogen) atoms. The van der Waals surface area contributed by atoms with Crippen LogP contribution in [0.2, 0.25) is 0 Å². The Morgan fingerprint density at radius 2 is 1.59 bits per heavy atom. The van der Waals surface area contributed by atoms with E-state index in [1.54, 1.807) is 0 Å². The molecular weight excluding hydrogens is 297 g/mol. The van der Waals surface area contributed by atoms with Crippen molar-refractivity contribution >= 4 is 11.8 Å². The molecule has 0 spiro atoms. The number of piperidine rings is 1. The summed E-state index contributed by atoms with van der Waals surface area (Å²) in [5.41, 5.74) is 0. The minimum Gasteiger partial charge on any atom is -0.353 e. The van der Waals surface area contributed by atoms with Crippen LogP contribution < -0.4 is 10.6 Å². The van der Waals surface area contributed by atoms with Crippen LogP contribution in [0.15, 0.2) is 0 Å². The Hall–Kier alpha value is -1.27. The molecule has 1 saturated heterocycles. The van der Waals surface area contributed by atoms with Crippen molar-refractivity contribution in [1.82, 2.24) is 10.6 Å². The molecule has 0 bridgehead atoms. The number of carbonyl (C=O) groups is 2. The predicted molar refractivity (Wildman–Crippen MR) is 75.0 cm³/mol. The van der Waals surface area contributed by atoms with Crippen molar-refractivity contribution in [1.29, 1.82) is 0 Å². The molecule has 0 aromatic carbocycles. The number of hydrogen-bond acceptors (Lipinski definition) is 2. The largest absolute Gasteiger partial charge is 0.408 e. The highest BCUT2D eigenvalue weighted by Crippen LogP contribution is 2.28. The van der Waals surface area contributed by atoms with E-state index in [2.05, 4.69) is 5.32 Å². The molecule has 2 aliphatic rings. The second kappa shape index (κ2) is 7.33. The van der Waals surface area contributed by atoms with Crippen molar-refractivity contribution < 1.29 is 22.8 Å². The summed E-state index contributed by atoms with van der Waals surface area (Å²) in [6, 6.07) is -1.79. The topological polar surface area (TPSA) is 58.2 Å². The fraction of sp³-hybridized carbons (Fsp3) is 0.867. The zero-order valence-corrected chi connectivity index (χ0v) is 12.5. The van der Waals surface area contributed by atoms with Gasteiger partial charge in [0.1, 0.15) is 12.0 Å². The van der Waals surface area contributed by atoms with E-state index in [9.17, 15) is 22.8 Å². The van der Waals surface area contributed by atoms with Gasteiger partial charge in [-0.15, -0.1) is 0 Å². The number of nitrogens with one attached hydrogen (secondary N) is 2. The Balaban J connectivity index is 1.86. The van der Waals surface area contributed by atoms with Crippen LogP contribution in [0.5, 0.6) is 0 Å². The van der Waals surface area contributed by atoms with Gasteiger partial charge in [0.05, 0.1) is 0 Å². The third kappa shape index (κ3) is 4.61. The third-order valence-electron chi connectivity index (χ3n) is 4.54. The molecule has 4 nitrogen and oxygen atoms in total. The molecule has 1 aliphatic carbocycles. The molecule has 2 N–H and O–H groups in total. The first-order chi connectivity index (χ1) is 10.4. The van der Waals surface area contributed by atoms with E-state index in [1.165, 1.54) is 6.42 Å². The number of amides is 2. The van der Waals surface area contributed by atoms with Crippen LogP contribution in [0.1, 0.15) is 57.8 Å². The predicted octanol–water partition coefficient (Wildman–Crippen LogP) is 2.67. The molecule has 1 aliphatic heterocycles. The number of rotatable bonds is 2. The summed E-state index contributed by atoms with van der Waals surface area (Å²) < 4.78 is 37.8. The Morgan fingerprint density at radius 1 is 1.00 bits per heavy atom. The first kappa shape index (κ1) is 17.1. The van der Waals surface area contributed by atoms with Crippen LogP contribution in [0, 0.1) is 5.92 Å². The molecule has 2 rings (SSSR count). The van der Waals surface area contributed by atoms with Crippen molar-refractivity contribution in [3.63, 3.8) is 0 Å². The van der Waals surface area contributed by atoms with E-state index in [0.717, 1.165) is 38.5 Å². The molecule has 0 aromatic heterocycles. The summed E-state index contributed by atoms with van der Waals surface area (Å²) in [5.74, 6) is -2.23. The Morgan fingerprint density at radius 3 is 2.14 bits per heavy atom. The van der Waals surface area contributed by atoms with Gasteiger partial charge in [-0.3, -0.25) is 9.59 Å². The van der Waals surface area contributed by atoms with E-state index in [1.807, 2.05) is 5.32 Å². The number of halogens is 3. The smallest absolute Gasteiger partial charge is 0.353 e. The van der Waals surface area contributed by atoms with Crippen LogP contribution >= 0.6 is 0 Å². The first-order valence-electron chi connectivity index (χ1n) is 8.05. The van der Waals surface area contributed by atoms with Gasteiger partial charge in [-0.05, 0) is 25.7 Å². The lowest BCUT2D eigenvalue weighted by Crippen LogP contribution is -2.55. The normalized spacial score (nSPS) is 28.4. The zero-order chi connectivity index (χ0) is 16.2. The monoisotopic (exact) mass is 320 g/mol. The van der Waals surface area contributed by atoms with Gasteiger partial charge in [-0.2, -0.15) is 13.2 Å². The Bertz CT molecular complexity index is 404. The van der Waals surface area contributed by atoms with Gasteiger partial charge in [0.15, 0.2) is 0 Å². The van der Waals surface area contributed by atoms with Crippen molar-refractivity contribution in [2.45, 2.75) is 76.0 Å². The van der Waals surface area contributed by atoms with Crippen molar-refractivity contribution in [2.24, 2.45) is 5.92 Å². The second-order valence-electron chi connectivity index (χ2n) is 6.28. The molecule has 7 heteroatoms. The van der Waals surface area contributed by atoms with Crippen molar-refractivity contribution in [3.8, 4) is 0 Å². The molecule has 0 unspecified atom stereocenters. The molecule has 0 radical (unpaired) electrons. The van der Waals surface area contributed by atoms with Crippen molar-refractivity contribution in [3.05, 3.63) is 0 Å². The van der Waals surface area contributed by atoms with Gasteiger partial charge in [0, 0.05) is 6.04 Å². The van der Waals surface area contributed by atoms with Crippen LogP contribution in [-0.2, 0) is 9.59 Å². The van der Waals surface area contributed by atoms with E-state index in [0.29, 0.717) is 0 Å². The van der Waals surface area contributed by atoms with Crippen LogP contribution in [0.4, 0.5) is 13.2 Å². The highest BCUT2D eigenvalue weighted by molar-refractivity contribution is 6.01. The summed E-state index contributed by atoms with van der Waals surface area (Å²) in [5, 5.41) is 4.78. The Labute approximate surface area is 128 Å². The quantitative estimate of drug-likeness (QED) is 0.769. The van der Waals surface area contributed by atoms with E-state index < -0.39 is 30.0 Å². The maximum Gasteiger partial charge on any atom is 0.408 e. The number of alkyl halides is 3. The highest BCUT2D eigenvalue weighted by Gasteiger charge is 2.46. The SMILES string of the molecule is O=C(NC1CCCCCCC1)[C@@H]1CC[C@@H](C(F)(F)F)NC1=O. The number of carbonyl (C=O) groups excluding carboxylic acids is 2. The average Bonchev–Trinajstić information content (AvgIpc) is 2.40. The van der Waals surface area contributed by atoms with Gasteiger partial charge in [0.2, 0.25) is 11.8 Å². The highest BCUT2D eigenvalue weighted by atomic mass is 19.4. The molecule has 2 fully saturated rings. The van der Waals surface area contributed by atoms with Crippen LogP contribution in [0.25, 0.3) is 0 Å². The lowest BCUT2D eigenvalue weighted by molar-refractivity contribution is -0.171. The fourth-order valence-corrected chi connectivity index (χ4v) is 3.21. The van der Waals surface area contributed by atoms with E-state index in [4.69, 9.17) is 0 Å². The Kier molecular flexibility index (Phi) is 5.69. The minimum absolute atomic E-state index is 0.0425. The zero-order valence-electron chi connectivity index (χ0n) is 12.5. The minimum atomic E-state index is -4.45. The summed E-state index contributed by atoms with van der Waals surface area (Å²) in [6.07, 6.45) is 2.60. The van der Waals surface area contributed by atoms with Crippen LogP contribution in [-0.4, -0.2) is 30.1 Å². The summed E-state index contributed by atoms with van der Waals surface area (Å²) >= 11 is 0. The first-order valence-corrected chi connectivity index (χ1v) is 8.05. The lowest BCUT2D eigenvalue weighted by Gasteiger charge is -2.31. The van der Waals surface area contributed by atoms with Crippen molar-refractivity contribution in [2.75, 3.05) is 0 Å². The van der Waals surface area contributed by atoms with Gasteiger partial charge in [0.25, 0.3) is 0 Å². The van der Waals surface area contributed by atoms with Gasteiger partial charge >= 0.3 is 6.18 Å². The van der Waals surface area contributed by atoms with Gasteiger partial charge in [-0.1, -0.05) is 32.1 Å². The maximum absolute atomic E-state index is 12.6. The van der Waals surface area contributed by atoms with Crippen LogP contribution in [0.3, 0.4) is 0 Å². The van der Waals surface area contributed by atoms with Gasteiger partial charge in [-0.25, -0.2) is 0 Å². The molecule has 126 valence electrons.